The predicted octanol–water partition coefficient (Wildman–Crippen LogP) is 4.94. The largest absolute Gasteiger partial charge is 0.493 e. The molecule has 0 amide bonds. The summed E-state index contributed by atoms with van der Waals surface area (Å²) in [7, 11) is 4.62. The molecule has 0 saturated heterocycles. The fraction of sp³-hybridized carbons (Fsp3) is 0.407. The Balaban J connectivity index is 1.90. The molecule has 0 radical (unpaired) electrons. The number of esters is 1. The zero-order valence-electron chi connectivity index (χ0n) is 20.8. The molecule has 2 aromatic rings. The summed E-state index contributed by atoms with van der Waals surface area (Å²) in [5, 5.41) is 5.38. The van der Waals surface area contributed by atoms with Gasteiger partial charge in [-0.3, -0.25) is 4.79 Å². The summed E-state index contributed by atoms with van der Waals surface area (Å²) >= 11 is 1.64. The van der Waals surface area contributed by atoms with E-state index in [0.29, 0.717) is 34.9 Å². The van der Waals surface area contributed by atoms with E-state index in [-0.39, 0.29) is 17.8 Å². The van der Waals surface area contributed by atoms with Crippen LogP contribution >= 0.6 is 11.3 Å². The van der Waals surface area contributed by atoms with Crippen molar-refractivity contribution in [2.24, 2.45) is 5.92 Å². The van der Waals surface area contributed by atoms with Crippen LogP contribution in [0.15, 0.2) is 52.7 Å². The quantitative estimate of drug-likeness (QED) is 0.543. The van der Waals surface area contributed by atoms with E-state index in [1.165, 1.54) is 7.11 Å². The zero-order valence-corrected chi connectivity index (χ0v) is 21.7. The molecule has 1 aromatic heterocycles. The lowest BCUT2D eigenvalue weighted by Crippen LogP contribution is -2.42. The van der Waals surface area contributed by atoms with Gasteiger partial charge < -0.3 is 24.3 Å². The average Bonchev–Trinajstić information content (AvgIpc) is 3.36. The third kappa shape index (κ3) is 4.67. The van der Waals surface area contributed by atoms with Gasteiger partial charge in [0.1, 0.15) is 5.78 Å². The van der Waals surface area contributed by atoms with Gasteiger partial charge in [-0.1, -0.05) is 12.1 Å². The first-order valence-electron chi connectivity index (χ1n) is 11.6. The van der Waals surface area contributed by atoms with E-state index in [4.69, 9.17) is 18.9 Å². The summed E-state index contributed by atoms with van der Waals surface area (Å²) in [4.78, 5) is 28.2. The van der Waals surface area contributed by atoms with Crippen LogP contribution in [0.4, 0.5) is 0 Å². The number of benzene rings is 1. The van der Waals surface area contributed by atoms with Crippen molar-refractivity contribution in [1.29, 1.82) is 0 Å². The highest BCUT2D eigenvalue weighted by Crippen LogP contribution is 2.49. The number of carbonyl (C=O) groups excluding carboxylic acids is 2. The highest BCUT2D eigenvalue weighted by atomic mass is 32.1. The van der Waals surface area contributed by atoms with Crippen LogP contribution in [0.2, 0.25) is 0 Å². The van der Waals surface area contributed by atoms with Crippen molar-refractivity contribution in [2.45, 2.75) is 45.1 Å². The number of hydrogen-bond donors (Lipinski definition) is 1. The van der Waals surface area contributed by atoms with E-state index in [2.05, 4.69) is 11.4 Å². The zero-order chi connectivity index (χ0) is 25.3. The van der Waals surface area contributed by atoms with E-state index in [9.17, 15) is 9.59 Å². The minimum Gasteiger partial charge on any atom is -0.493 e. The van der Waals surface area contributed by atoms with Gasteiger partial charge in [0.2, 0.25) is 5.75 Å². The molecule has 2 heterocycles. The minimum absolute atomic E-state index is 0.00111. The second kappa shape index (κ2) is 10.2. The SMILES string of the molecule is COc1cc(C2C(C(=O)OC(C)C)=C(C)NC3=CC(c4cccs4)CC(=O)C32)cc(OC)c1OC. The summed E-state index contributed by atoms with van der Waals surface area (Å²) in [6.07, 6.45) is 2.19. The molecule has 1 aliphatic heterocycles. The first-order valence-corrected chi connectivity index (χ1v) is 12.4. The van der Waals surface area contributed by atoms with Crippen molar-refractivity contribution in [3.63, 3.8) is 0 Å². The standard InChI is InChI=1S/C27H31NO6S/c1-14(2)34-27(30)23-15(3)28-18-10-16(22-8-7-9-35-22)11-19(29)25(18)24(23)17-12-20(31-4)26(33-6)21(13-17)32-5/h7-10,12-14,16,24-25,28H,11H2,1-6H3. The number of thiophene rings is 1. The van der Waals surface area contributed by atoms with Crippen LogP contribution in [0.1, 0.15) is 49.5 Å². The lowest BCUT2D eigenvalue weighted by Gasteiger charge is -2.39. The molecule has 8 heteroatoms. The third-order valence-corrected chi connectivity index (χ3v) is 7.39. The lowest BCUT2D eigenvalue weighted by atomic mass is 9.69. The number of Topliss-reactive ketones (excluding diaryl/α,β-unsaturated/α-hetero) is 1. The highest BCUT2D eigenvalue weighted by Gasteiger charge is 2.45. The van der Waals surface area contributed by atoms with Crippen molar-refractivity contribution in [3.05, 3.63) is 63.1 Å². The minimum atomic E-state index is -0.570. The normalized spacial score (nSPS) is 21.7. The molecule has 2 aliphatic rings. The van der Waals surface area contributed by atoms with E-state index in [1.54, 1.807) is 39.4 Å². The Morgan fingerprint density at radius 3 is 2.31 bits per heavy atom. The lowest BCUT2D eigenvalue weighted by molar-refractivity contribution is -0.143. The third-order valence-electron chi connectivity index (χ3n) is 6.38. The molecule has 0 bridgehead atoms. The molecule has 186 valence electrons. The molecular weight excluding hydrogens is 466 g/mol. The van der Waals surface area contributed by atoms with Gasteiger partial charge in [-0.25, -0.2) is 4.79 Å². The predicted molar refractivity (Wildman–Crippen MR) is 134 cm³/mol. The maximum absolute atomic E-state index is 13.7. The Kier molecular flexibility index (Phi) is 7.21. The fourth-order valence-electron chi connectivity index (χ4n) is 4.95. The molecule has 0 fully saturated rings. The van der Waals surface area contributed by atoms with E-state index >= 15 is 0 Å². The maximum atomic E-state index is 13.7. The monoisotopic (exact) mass is 497 g/mol. The summed E-state index contributed by atoms with van der Waals surface area (Å²) in [6.45, 7) is 5.46. The molecule has 35 heavy (non-hydrogen) atoms. The number of allylic oxidation sites excluding steroid dienone is 3. The van der Waals surface area contributed by atoms with Crippen molar-refractivity contribution in [3.8, 4) is 17.2 Å². The molecule has 0 spiro atoms. The van der Waals surface area contributed by atoms with E-state index < -0.39 is 17.8 Å². The topological polar surface area (TPSA) is 83.1 Å². The van der Waals surface area contributed by atoms with Crippen LogP contribution in [0, 0.1) is 5.92 Å². The summed E-state index contributed by atoms with van der Waals surface area (Å²) in [5.41, 5.74) is 2.61. The van der Waals surface area contributed by atoms with Crippen molar-refractivity contribution < 1.29 is 28.5 Å². The van der Waals surface area contributed by atoms with Gasteiger partial charge >= 0.3 is 5.97 Å². The van der Waals surface area contributed by atoms with Gasteiger partial charge in [0.15, 0.2) is 11.5 Å². The van der Waals surface area contributed by atoms with Crippen molar-refractivity contribution in [1.82, 2.24) is 5.32 Å². The second-order valence-electron chi connectivity index (χ2n) is 8.95. The maximum Gasteiger partial charge on any atom is 0.336 e. The number of rotatable bonds is 7. The van der Waals surface area contributed by atoms with Crippen molar-refractivity contribution >= 4 is 23.1 Å². The number of nitrogens with one attached hydrogen (secondary N) is 1. The smallest absolute Gasteiger partial charge is 0.336 e. The molecule has 3 atom stereocenters. The van der Waals surface area contributed by atoms with Gasteiger partial charge in [0.25, 0.3) is 0 Å². The molecule has 1 aliphatic carbocycles. The number of ether oxygens (including phenoxy) is 4. The van der Waals surface area contributed by atoms with E-state index in [1.807, 2.05) is 36.6 Å². The number of ketones is 1. The molecule has 7 nitrogen and oxygen atoms in total. The molecule has 4 rings (SSSR count). The van der Waals surface area contributed by atoms with Gasteiger partial charge in [-0.05, 0) is 49.9 Å². The summed E-state index contributed by atoms with van der Waals surface area (Å²) in [5.74, 6) is -0.154. The molecule has 1 aromatic carbocycles. The first-order chi connectivity index (χ1) is 16.8. The summed E-state index contributed by atoms with van der Waals surface area (Å²) < 4.78 is 22.3. The first kappa shape index (κ1) is 24.9. The van der Waals surface area contributed by atoms with Gasteiger partial charge in [-0.15, -0.1) is 11.3 Å². The summed E-state index contributed by atoms with van der Waals surface area (Å²) in [6, 6.07) is 7.66. The molecule has 1 N–H and O–H groups in total. The molecule has 0 saturated carbocycles. The van der Waals surface area contributed by atoms with Crippen LogP contribution in [-0.2, 0) is 14.3 Å². The van der Waals surface area contributed by atoms with Crippen LogP contribution < -0.4 is 19.5 Å². The van der Waals surface area contributed by atoms with Crippen LogP contribution in [0.25, 0.3) is 0 Å². The Morgan fingerprint density at radius 2 is 1.77 bits per heavy atom. The number of hydrogen-bond acceptors (Lipinski definition) is 8. The number of methoxy groups -OCH3 is 3. The van der Waals surface area contributed by atoms with Crippen LogP contribution in [0.3, 0.4) is 0 Å². The van der Waals surface area contributed by atoms with Gasteiger partial charge in [0, 0.05) is 34.5 Å². The Bertz CT molecular complexity index is 1160. The Hall–Kier alpha value is -3.26. The van der Waals surface area contributed by atoms with Gasteiger partial charge in [-0.2, -0.15) is 0 Å². The van der Waals surface area contributed by atoms with Crippen LogP contribution in [0.5, 0.6) is 17.2 Å². The molecular formula is C27H31NO6S. The number of carbonyl (C=O) groups is 2. The average molecular weight is 498 g/mol. The Morgan fingerprint density at radius 1 is 1.09 bits per heavy atom. The number of fused-ring (bicyclic) bond motifs is 1. The van der Waals surface area contributed by atoms with Crippen molar-refractivity contribution in [2.75, 3.05) is 21.3 Å². The van der Waals surface area contributed by atoms with E-state index in [0.717, 1.165) is 16.1 Å². The van der Waals surface area contributed by atoms with Crippen LogP contribution in [-0.4, -0.2) is 39.2 Å². The second-order valence-corrected chi connectivity index (χ2v) is 9.93. The Labute approximate surface area is 209 Å². The fourth-order valence-corrected chi connectivity index (χ4v) is 5.75. The highest BCUT2D eigenvalue weighted by molar-refractivity contribution is 7.10. The molecule has 3 unspecified atom stereocenters. The van der Waals surface area contributed by atoms with Gasteiger partial charge in [0.05, 0.1) is 38.9 Å².